The molecule has 6 rings (SSSR count). The van der Waals surface area contributed by atoms with Crippen LogP contribution in [0.2, 0.25) is 0 Å². The number of fused-ring (bicyclic) bond motifs is 1. The number of thiazole rings is 2. The summed E-state index contributed by atoms with van der Waals surface area (Å²) in [4.78, 5) is 54.1. The van der Waals surface area contributed by atoms with Crippen LogP contribution in [0.4, 0.5) is 23.4 Å². The van der Waals surface area contributed by atoms with E-state index in [-0.39, 0.29) is 32.9 Å². The van der Waals surface area contributed by atoms with Crippen molar-refractivity contribution in [3.05, 3.63) is 115 Å². The number of hydrogen-bond donors (Lipinski definition) is 3. The zero-order chi connectivity index (χ0) is 35.1. The van der Waals surface area contributed by atoms with Gasteiger partial charge in [0.2, 0.25) is 0 Å². The molecule has 3 amide bonds. The van der Waals surface area contributed by atoms with Crippen molar-refractivity contribution in [2.24, 2.45) is 5.73 Å². The van der Waals surface area contributed by atoms with Crippen molar-refractivity contribution in [2.45, 2.75) is 17.6 Å². The van der Waals surface area contributed by atoms with Gasteiger partial charge in [-0.05, 0) is 71.1 Å². The van der Waals surface area contributed by atoms with Crippen molar-refractivity contribution in [3.63, 3.8) is 0 Å². The largest absolute Gasteiger partial charge is 0.496 e. The molecule has 3 aromatic carbocycles. The van der Waals surface area contributed by atoms with Crippen LogP contribution in [-0.4, -0.2) is 46.8 Å². The van der Waals surface area contributed by atoms with Crippen molar-refractivity contribution in [1.29, 1.82) is 0 Å². The lowest BCUT2D eigenvalue weighted by Gasteiger charge is -2.51. The van der Waals surface area contributed by atoms with Crippen LogP contribution in [0.5, 0.6) is 11.5 Å². The zero-order valence-electron chi connectivity index (χ0n) is 25.4. The highest BCUT2D eigenvalue weighted by Gasteiger charge is 2.68. The number of anilines is 2. The van der Waals surface area contributed by atoms with E-state index >= 15 is 18.0 Å². The van der Waals surface area contributed by atoms with Gasteiger partial charge in [-0.3, -0.25) is 25.0 Å². The molecule has 1 aliphatic heterocycles. The van der Waals surface area contributed by atoms with Crippen LogP contribution < -0.4 is 25.8 Å². The third-order valence-electron chi connectivity index (χ3n) is 8.06. The van der Waals surface area contributed by atoms with E-state index in [2.05, 4.69) is 20.6 Å². The summed E-state index contributed by atoms with van der Waals surface area (Å²) in [5.41, 5.74) is 0.391. The fourth-order valence-electron chi connectivity index (χ4n) is 5.98. The van der Waals surface area contributed by atoms with E-state index in [1.807, 2.05) is 22.6 Å². The molecule has 0 saturated carbocycles. The quantitative estimate of drug-likeness (QED) is 0.154. The number of methoxy groups -OCH3 is 2. The molecule has 252 valence electrons. The van der Waals surface area contributed by atoms with Crippen molar-refractivity contribution in [3.8, 4) is 11.5 Å². The number of halogens is 4. The Hall–Kier alpha value is -4.59. The minimum Gasteiger partial charge on any atom is -0.496 e. The number of nitrogens with one attached hydrogen (secondary N) is 2. The van der Waals surface area contributed by atoms with Crippen LogP contribution >= 0.6 is 45.3 Å². The van der Waals surface area contributed by atoms with Gasteiger partial charge in [0, 0.05) is 49.0 Å². The molecule has 17 heteroatoms. The Morgan fingerprint density at radius 3 is 1.98 bits per heavy atom. The number of ether oxygens (including phenoxy) is 2. The Bertz CT molecular complexity index is 2090. The molecule has 0 bridgehead atoms. The second kappa shape index (κ2) is 13.4. The van der Waals surface area contributed by atoms with Crippen LogP contribution in [0.15, 0.2) is 71.7 Å². The Morgan fingerprint density at radius 2 is 1.43 bits per heavy atom. The highest BCUT2D eigenvalue weighted by molar-refractivity contribution is 14.1. The average Bonchev–Trinajstić information content (AvgIpc) is 3.85. The van der Waals surface area contributed by atoms with Gasteiger partial charge in [-0.2, -0.15) is 0 Å². The van der Waals surface area contributed by atoms with Crippen LogP contribution in [0.25, 0.3) is 0 Å². The number of aromatic nitrogens is 2. The fraction of sp³-hybridized carbons (Fsp3) is 0.156. The van der Waals surface area contributed by atoms with Gasteiger partial charge in [0.1, 0.15) is 29.0 Å². The minimum atomic E-state index is -2.93. The summed E-state index contributed by atoms with van der Waals surface area (Å²) in [7, 11) is 2.45. The van der Waals surface area contributed by atoms with Crippen molar-refractivity contribution in [1.82, 2.24) is 14.9 Å². The molecule has 3 heterocycles. The van der Waals surface area contributed by atoms with Gasteiger partial charge in [0.05, 0.1) is 20.8 Å². The summed E-state index contributed by atoms with van der Waals surface area (Å²) in [5.74, 6) is -6.29. The fourth-order valence-corrected chi connectivity index (χ4v) is 7.62. The van der Waals surface area contributed by atoms with Gasteiger partial charge in [-0.1, -0.05) is 0 Å². The zero-order valence-corrected chi connectivity index (χ0v) is 29.2. The second-order valence-corrected chi connectivity index (χ2v) is 13.6. The highest BCUT2D eigenvalue weighted by Crippen LogP contribution is 2.53. The molecule has 0 saturated heterocycles. The molecule has 0 radical (unpaired) electrons. The number of amides is 3. The number of benzene rings is 3. The molecule has 1 aliphatic rings. The van der Waals surface area contributed by atoms with Crippen LogP contribution in [-0.2, 0) is 27.2 Å². The minimum absolute atomic E-state index is 0.00326. The Balaban J connectivity index is 1.80. The highest BCUT2D eigenvalue weighted by atomic mass is 127. The molecule has 0 aliphatic carbocycles. The van der Waals surface area contributed by atoms with E-state index in [4.69, 9.17) is 15.2 Å². The maximum absolute atomic E-state index is 15.6. The van der Waals surface area contributed by atoms with E-state index in [1.165, 1.54) is 50.9 Å². The summed E-state index contributed by atoms with van der Waals surface area (Å²) in [6.07, 6.45) is 2.78. The predicted octanol–water partition coefficient (Wildman–Crippen LogP) is 5.62. The lowest BCUT2D eigenvalue weighted by molar-refractivity contribution is -0.142. The van der Waals surface area contributed by atoms with E-state index < -0.39 is 63.9 Å². The third kappa shape index (κ3) is 5.69. The smallest absolute Gasteiger partial charge is 0.259 e. The molecular formula is C32H24F3IN6O5S2. The first-order valence-corrected chi connectivity index (χ1v) is 17.0. The number of carbonyl (C=O) groups excluding carboxylic acids is 3. The van der Waals surface area contributed by atoms with E-state index in [0.29, 0.717) is 3.57 Å². The van der Waals surface area contributed by atoms with Crippen molar-refractivity contribution >= 4 is 73.2 Å². The average molecular weight is 821 g/mol. The summed E-state index contributed by atoms with van der Waals surface area (Å²) >= 11 is 3.83. The molecular weight excluding hydrogens is 796 g/mol. The van der Waals surface area contributed by atoms with E-state index in [1.54, 1.807) is 10.8 Å². The first kappa shape index (κ1) is 34.3. The Kier molecular flexibility index (Phi) is 9.36. The van der Waals surface area contributed by atoms with Crippen LogP contribution in [0.3, 0.4) is 0 Å². The molecule has 2 atom stereocenters. The van der Waals surface area contributed by atoms with E-state index in [0.717, 1.165) is 51.8 Å². The number of rotatable bonds is 10. The van der Waals surface area contributed by atoms with Gasteiger partial charge < -0.3 is 20.1 Å². The molecule has 4 N–H and O–H groups in total. The van der Waals surface area contributed by atoms with Gasteiger partial charge in [-0.25, -0.2) is 23.1 Å². The van der Waals surface area contributed by atoms with Crippen molar-refractivity contribution in [2.75, 3.05) is 24.9 Å². The Morgan fingerprint density at radius 1 is 0.878 bits per heavy atom. The Labute approximate surface area is 298 Å². The van der Waals surface area contributed by atoms with Gasteiger partial charge in [0.15, 0.2) is 21.3 Å². The first-order chi connectivity index (χ1) is 23.4. The normalized spacial score (nSPS) is 14.8. The molecule has 0 fully saturated rings. The number of nitrogens with zero attached hydrogens (tertiary/aromatic N) is 3. The van der Waals surface area contributed by atoms with Crippen LogP contribution in [0.1, 0.15) is 27.0 Å². The molecule has 2 unspecified atom stereocenters. The lowest BCUT2D eigenvalue weighted by Crippen LogP contribution is -2.73. The molecule has 49 heavy (non-hydrogen) atoms. The van der Waals surface area contributed by atoms with Gasteiger partial charge in [0.25, 0.3) is 17.7 Å². The predicted molar refractivity (Wildman–Crippen MR) is 184 cm³/mol. The third-order valence-corrected chi connectivity index (χ3v) is 10.1. The number of hydrogen-bond acceptors (Lipinski definition) is 10. The molecule has 2 aromatic heterocycles. The number of carbonyl (C=O) groups is 3. The van der Waals surface area contributed by atoms with Crippen LogP contribution in [0, 0.1) is 21.0 Å². The number of nitrogens with two attached hydrogens (primary N) is 1. The standard InChI is InChI=1S/C32H24F3IN6O5S2/c1-46-24-5-3-16(33)11-21(24)31(37,27(44)40-29-38-7-9-48-29)32(28(45)41-30-39-8-10-49-30,22-12-17(34)4-6-25(22)47-2)42-15-20-19(26(42)43)13-18(36)14-23(20)35/h3-14H,15,37H2,1-2H3,(H,38,40,44)(H,39,41,45). The molecule has 11 nitrogen and oxygen atoms in total. The lowest BCUT2D eigenvalue weighted by atomic mass is 9.65. The first-order valence-electron chi connectivity index (χ1n) is 14.1. The topological polar surface area (TPSA) is 149 Å². The van der Waals surface area contributed by atoms with E-state index in [9.17, 15) is 9.59 Å². The maximum Gasteiger partial charge on any atom is 0.259 e. The van der Waals surface area contributed by atoms with Gasteiger partial charge >= 0.3 is 0 Å². The van der Waals surface area contributed by atoms with Gasteiger partial charge in [-0.15, -0.1) is 22.7 Å². The summed E-state index contributed by atoms with van der Waals surface area (Å²) in [6, 6.07) is 8.77. The van der Waals surface area contributed by atoms with Crippen molar-refractivity contribution < 1.29 is 37.0 Å². The summed E-state index contributed by atoms with van der Waals surface area (Å²) in [5, 5.41) is 8.32. The monoisotopic (exact) mass is 820 g/mol. The second-order valence-electron chi connectivity index (χ2n) is 10.6. The maximum atomic E-state index is 15.6. The summed E-state index contributed by atoms with van der Waals surface area (Å²) < 4.78 is 58.1. The SMILES string of the molecule is COc1ccc(F)cc1C(N)(C(=O)Nc1nccs1)C(C(=O)Nc1nccs1)(c1cc(F)ccc1OC)N1Cc2c(F)cc(I)cc2C1=O. The summed E-state index contributed by atoms with van der Waals surface area (Å²) in [6.45, 7) is -0.636. The molecule has 5 aromatic rings. The molecule has 0 spiro atoms.